The van der Waals surface area contributed by atoms with E-state index in [0.29, 0.717) is 0 Å². The monoisotopic (exact) mass is 248 g/mol. The van der Waals surface area contributed by atoms with Crippen LogP contribution in [0, 0.1) is 0 Å². The van der Waals surface area contributed by atoms with Crippen molar-refractivity contribution in [1.82, 2.24) is 0 Å². The fourth-order valence-corrected chi connectivity index (χ4v) is 0. The average Bonchev–Trinajstić information content (AvgIpc) is 0.722. The summed E-state index contributed by atoms with van der Waals surface area (Å²) in [5.74, 6) is 0. The zero-order chi connectivity index (χ0) is 4.50. The molecule has 7 heavy (non-hydrogen) atoms. The van der Waals surface area contributed by atoms with Gasteiger partial charge in [0.15, 0.2) is 0 Å². The fraction of sp³-hybridized carbons (Fsp3) is 0. The standard InChI is InChI=1S/Cu.H4O4Si.Y/c;1-5(2,3)4;/h;1-4H;. The van der Waals surface area contributed by atoms with E-state index < -0.39 is 9.05 Å². The molecule has 0 aliphatic heterocycles. The normalized spacial score (nSPS) is 8.57. The molecule has 0 aromatic heterocycles. The zero-order valence-electron chi connectivity index (χ0n) is 3.17. The first-order valence-electron chi connectivity index (χ1n) is 0.894. The van der Waals surface area contributed by atoms with Gasteiger partial charge in [-0.1, -0.05) is 0 Å². The van der Waals surface area contributed by atoms with Gasteiger partial charge in [0.1, 0.15) is 0 Å². The maximum atomic E-state index is 7.33. The van der Waals surface area contributed by atoms with Crippen LogP contribution in [0.15, 0.2) is 0 Å². The maximum Gasteiger partial charge on any atom is 0.668 e. The van der Waals surface area contributed by atoms with Gasteiger partial charge in [-0.05, 0) is 0 Å². The number of hydrogen-bond donors (Lipinski definition) is 4. The average molecular weight is 249 g/mol. The molecular weight excluding hydrogens is 245 g/mol. The van der Waals surface area contributed by atoms with E-state index in [1.54, 1.807) is 0 Å². The molecule has 0 atom stereocenters. The predicted molar refractivity (Wildman–Crippen MR) is 14.6 cm³/mol. The summed E-state index contributed by atoms with van der Waals surface area (Å²) in [5, 5.41) is 0. The SMILES string of the molecule is O[Si](O)(O)O.[Cu].[Y]. The molecule has 0 fully saturated rings. The van der Waals surface area contributed by atoms with E-state index in [0.717, 1.165) is 0 Å². The third-order valence-electron chi connectivity index (χ3n) is 0. The Balaban J connectivity index is -0.0000000800. The molecule has 7 heteroatoms. The zero-order valence-corrected chi connectivity index (χ0v) is 7.95. The Labute approximate surface area is 77.4 Å². The van der Waals surface area contributed by atoms with Gasteiger partial charge in [0, 0.05) is 49.8 Å². The second-order valence-corrected chi connectivity index (χ2v) is 1.80. The molecule has 0 aliphatic carbocycles. The molecule has 0 heterocycles. The van der Waals surface area contributed by atoms with Gasteiger partial charge in [-0.2, -0.15) is 0 Å². The molecule has 0 rings (SSSR count). The van der Waals surface area contributed by atoms with Crippen molar-refractivity contribution in [1.29, 1.82) is 0 Å². The van der Waals surface area contributed by atoms with Crippen LogP contribution in [0.25, 0.3) is 0 Å². The van der Waals surface area contributed by atoms with Crippen molar-refractivity contribution >= 4 is 9.05 Å². The van der Waals surface area contributed by atoms with E-state index >= 15 is 0 Å². The minimum Gasteiger partial charge on any atom is -0.368 e. The minimum atomic E-state index is -4.61. The van der Waals surface area contributed by atoms with Crippen molar-refractivity contribution in [3.8, 4) is 0 Å². The minimum absolute atomic E-state index is 0. The molecule has 0 unspecified atom stereocenters. The molecule has 0 aromatic carbocycles. The predicted octanol–water partition coefficient (Wildman–Crippen LogP) is -2.61. The Kier molecular flexibility index (Phi) is 13.2. The van der Waals surface area contributed by atoms with Gasteiger partial charge in [-0.25, -0.2) is 0 Å². The van der Waals surface area contributed by atoms with Crippen molar-refractivity contribution in [2.45, 2.75) is 0 Å². The summed E-state index contributed by atoms with van der Waals surface area (Å²) in [6.45, 7) is 0. The number of hydrogen-bond acceptors (Lipinski definition) is 4. The topological polar surface area (TPSA) is 80.9 Å². The molecule has 4 nitrogen and oxygen atoms in total. The second kappa shape index (κ2) is 5.81. The van der Waals surface area contributed by atoms with Crippen molar-refractivity contribution in [3.05, 3.63) is 0 Å². The van der Waals surface area contributed by atoms with Gasteiger partial charge in [0.25, 0.3) is 0 Å². The Hall–Kier alpha value is 1.68. The van der Waals surface area contributed by atoms with Crippen molar-refractivity contribution < 1.29 is 69.0 Å². The van der Waals surface area contributed by atoms with Crippen molar-refractivity contribution in [3.63, 3.8) is 0 Å². The van der Waals surface area contributed by atoms with E-state index in [1.165, 1.54) is 0 Å². The van der Waals surface area contributed by atoms with Crippen molar-refractivity contribution in [2.75, 3.05) is 0 Å². The molecule has 46 valence electrons. The van der Waals surface area contributed by atoms with E-state index in [9.17, 15) is 0 Å². The van der Waals surface area contributed by atoms with Crippen molar-refractivity contribution in [2.24, 2.45) is 0 Å². The van der Waals surface area contributed by atoms with Crippen LogP contribution in [0.5, 0.6) is 0 Å². The van der Waals surface area contributed by atoms with Gasteiger partial charge in [0.2, 0.25) is 0 Å². The molecular formula is H4CuO4SiY. The van der Waals surface area contributed by atoms with Gasteiger partial charge >= 0.3 is 9.05 Å². The molecule has 2 radical (unpaired) electrons. The first-order chi connectivity index (χ1) is 2.00. The van der Waals surface area contributed by atoms with Crippen LogP contribution >= 0.6 is 0 Å². The quantitative estimate of drug-likeness (QED) is 0.354. The first kappa shape index (κ1) is 15.9. The third kappa shape index (κ3) is 87.8. The summed E-state index contributed by atoms with van der Waals surface area (Å²) in [5.41, 5.74) is 0. The Morgan fingerprint density at radius 3 is 0.857 bits per heavy atom. The Bertz CT molecular complexity index is 27.2. The Morgan fingerprint density at radius 2 is 0.857 bits per heavy atom. The van der Waals surface area contributed by atoms with E-state index in [-0.39, 0.29) is 49.8 Å². The second-order valence-electron chi connectivity index (χ2n) is 0.600. The molecule has 0 spiro atoms. The summed E-state index contributed by atoms with van der Waals surface area (Å²) in [4.78, 5) is 29.3. The van der Waals surface area contributed by atoms with E-state index in [4.69, 9.17) is 19.2 Å². The Morgan fingerprint density at radius 1 is 0.857 bits per heavy atom. The summed E-state index contributed by atoms with van der Waals surface area (Å²) in [6, 6.07) is 0. The molecule has 0 amide bonds. The summed E-state index contributed by atoms with van der Waals surface area (Å²) < 4.78 is 0. The third-order valence-corrected chi connectivity index (χ3v) is 0. The molecule has 0 bridgehead atoms. The van der Waals surface area contributed by atoms with Crippen LogP contribution in [0.2, 0.25) is 0 Å². The molecule has 0 aliphatic rings. The molecule has 0 aromatic rings. The summed E-state index contributed by atoms with van der Waals surface area (Å²) in [7, 11) is -4.61. The molecule has 0 saturated carbocycles. The number of rotatable bonds is 0. The first-order valence-corrected chi connectivity index (χ1v) is 2.68. The van der Waals surface area contributed by atoms with Crippen LogP contribution in [0.3, 0.4) is 0 Å². The van der Waals surface area contributed by atoms with Crippen LogP contribution < -0.4 is 0 Å². The summed E-state index contributed by atoms with van der Waals surface area (Å²) in [6.07, 6.45) is 0. The van der Waals surface area contributed by atoms with Crippen LogP contribution in [0.1, 0.15) is 0 Å². The maximum absolute atomic E-state index is 7.33. The van der Waals surface area contributed by atoms with Gasteiger partial charge in [-0.15, -0.1) is 0 Å². The van der Waals surface area contributed by atoms with E-state index in [1.807, 2.05) is 0 Å². The van der Waals surface area contributed by atoms with Gasteiger partial charge < -0.3 is 19.2 Å². The molecule has 4 N–H and O–H groups in total. The van der Waals surface area contributed by atoms with E-state index in [2.05, 4.69) is 0 Å². The van der Waals surface area contributed by atoms with Gasteiger partial charge in [-0.3, -0.25) is 0 Å². The largest absolute Gasteiger partial charge is 0.668 e. The van der Waals surface area contributed by atoms with Crippen LogP contribution in [-0.4, -0.2) is 28.2 Å². The van der Waals surface area contributed by atoms with Crippen LogP contribution in [0.4, 0.5) is 0 Å². The van der Waals surface area contributed by atoms with Gasteiger partial charge in [0.05, 0.1) is 0 Å². The smallest absolute Gasteiger partial charge is 0.368 e. The summed E-state index contributed by atoms with van der Waals surface area (Å²) >= 11 is 0. The van der Waals surface area contributed by atoms with Crippen LogP contribution in [-0.2, 0) is 49.8 Å². The fourth-order valence-electron chi connectivity index (χ4n) is 0. The molecule has 0 saturated heterocycles.